The van der Waals surface area contributed by atoms with Crippen LogP contribution in [0.2, 0.25) is 0 Å². The Bertz CT molecular complexity index is 826. The molecule has 4 heteroatoms. The molecule has 0 radical (unpaired) electrons. The van der Waals surface area contributed by atoms with E-state index in [9.17, 15) is 4.79 Å². The minimum Gasteiger partial charge on any atom is -0.318 e. The third-order valence-electron chi connectivity index (χ3n) is 3.28. The summed E-state index contributed by atoms with van der Waals surface area (Å²) in [6.45, 7) is 7.64. The van der Waals surface area contributed by atoms with Crippen LogP contribution in [0.4, 0.5) is 0 Å². The van der Waals surface area contributed by atoms with Gasteiger partial charge in [-0.15, -0.1) is 0 Å². The predicted molar refractivity (Wildman–Crippen MR) is 89.7 cm³/mol. The van der Waals surface area contributed by atoms with Crippen molar-refractivity contribution in [2.45, 2.75) is 13.8 Å². The zero-order valence-electron chi connectivity index (χ0n) is 12.8. The van der Waals surface area contributed by atoms with Gasteiger partial charge in [-0.2, -0.15) is 0 Å². The number of rotatable bonds is 2. The van der Waals surface area contributed by atoms with Gasteiger partial charge < -0.3 is 4.57 Å². The molecule has 0 aliphatic rings. The summed E-state index contributed by atoms with van der Waals surface area (Å²) in [5.74, 6) is 0.637. The number of hydrogen-bond acceptors (Lipinski definition) is 2. The van der Waals surface area contributed by atoms with Crippen LogP contribution in [0.1, 0.15) is 18.1 Å². The van der Waals surface area contributed by atoms with Crippen molar-refractivity contribution in [2.75, 3.05) is 7.05 Å². The molecule has 1 aromatic heterocycles. The summed E-state index contributed by atoms with van der Waals surface area (Å²) in [5, 5.41) is 1.60. The molecule has 0 fully saturated rings. The normalized spacial score (nSPS) is 12.3. The highest BCUT2D eigenvalue weighted by Gasteiger charge is 2.09. The topological polar surface area (TPSA) is 46.7 Å². The molecule has 0 amide bonds. The lowest BCUT2D eigenvalue weighted by Gasteiger charge is -2.08. The summed E-state index contributed by atoms with van der Waals surface area (Å²) in [5.41, 5.74) is 2.77. The second kappa shape index (κ2) is 5.87. The number of amidine groups is 1. The molecule has 0 bridgehead atoms. The fraction of sp³-hybridized carbons (Fsp3) is 0.235. The fourth-order valence-corrected chi connectivity index (χ4v) is 2.16. The molecule has 108 valence electrons. The van der Waals surface area contributed by atoms with Crippen molar-refractivity contribution in [3.8, 4) is 0 Å². The monoisotopic (exact) mass is 281 g/mol. The molecule has 4 nitrogen and oxygen atoms in total. The molecule has 0 saturated carbocycles. The van der Waals surface area contributed by atoms with Crippen LogP contribution in [0, 0.1) is 6.92 Å². The molecular weight excluding hydrogens is 262 g/mol. The fourth-order valence-electron chi connectivity index (χ4n) is 2.16. The number of fused-ring (bicyclic) bond motifs is 1. The minimum atomic E-state index is 0.00238. The van der Waals surface area contributed by atoms with E-state index in [1.165, 1.54) is 0 Å². The summed E-state index contributed by atoms with van der Waals surface area (Å²) >= 11 is 0. The van der Waals surface area contributed by atoms with Crippen LogP contribution in [0.15, 0.2) is 51.3 Å². The highest BCUT2D eigenvalue weighted by molar-refractivity contribution is 6.07. The highest BCUT2D eigenvalue weighted by Crippen LogP contribution is 2.18. The van der Waals surface area contributed by atoms with Gasteiger partial charge >= 0.3 is 0 Å². The van der Waals surface area contributed by atoms with Gasteiger partial charge in [0, 0.05) is 37.5 Å². The van der Waals surface area contributed by atoms with Gasteiger partial charge in [-0.25, -0.2) is 4.99 Å². The van der Waals surface area contributed by atoms with E-state index in [1.807, 2.05) is 32.0 Å². The molecule has 2 rings (SSSR count). The molecule has 0 atom stereocenters. The van der Waals surface area contributed by atoms with Crippen molar-refractivity contribution in [3.63, 3.8) is 0 Å². The predicted octanol–water partition coefficient (Wildman–Crippen LogP) is 2.87. The Labute approximate surface area is 124 Å². The molecule has 1 heterocycles. The number of aliphatic imine (C=N–C) groups is 2. The number of hydrogen-bond donors (Lipinski definition) is 0. The van der Waals surface area contributed by atoms with Crippen LogP contribution in [0.5, 0.6) is 0 Å². The molecule has 0 unspecified atom stereocenters. The van der Waals surface area contributed by atoms with Gasteiger partial charge in [0.05, 0.1) is 0 Å². The molecule has 0 aliphatic carbocycles. The van der Waals surface area contributed by atoms with Gasteiger partial charge in [-0.05, 0) is 48.6 Å². The minimum absolute atomic E-state index is 0.00238. The number of allylic oxidation sites excluding steroid dienone is 1. The maximum atomic E-state index is 12.1. The summed E-state index contributed by atoms with van der Waals surface area (Å²) in [4.78, 5) is 20.7. The Balaban J connectivity index is 2.66. The van der Waals surface area contributed by atoms with Crippen LogP contribution in [-0.2, 0) is 7.05 Å². The van der Waals surface area contributed by atoms with Gasteiger partial charge in [0.15, 0.2) is 5.84 Å². The molecule has 0 saturated heterocycles. The summed E-state index contributed by atoms with van der Waals surface area (Å²) in [7, 11) is 3.46. The molecular formula is C17H19N3O. The SMILES string of the molecule is C=C(C)/C=N\C(=N/C)c1cc2ccn(C)c(=O)c2cc1C. The van der Waals surface area contributed by atoms with Gasteiger partial charge in [-0.3, -0.25) is 9.79 Å². The van der Waals surface area contributed by atoms with Gasteiger partial charge in [-0.1, -0.05) is 6.58 Å². The second-order valence-corrected chi connectivity index (χ2v) is 5.14. The first kappa shape index (κ1) is 14.9. The van der Waals surface area contributed by atoms with Crippen LogP contribution >= 0.6 is 0 Å². The lowest BCUT2D eigenvalue weighted by Crippen LogP contribution is -2.16. The summed E-state index contributed by atoms with van der Waals surface area (Å²) < 4.78 is 1.58. The number of pyridine rings is 1. The standard InChI is InChI=1S/C17H19N3O/c1-11(2)10-19-16(18-4)14-9-13-6-7-20(5)17(21)15(13)8-12(14)3/h6-10H,1H2,2-5H3/b18-16-,19-10-. The number of nitrogens with zero attached hydrogens (tertiary/aromatic N) is 3. The second-order valence-electron chi connectivity index (χ2n) is 5.14. The average molecular weight is 281 g/mol. The number of aryl methyl sites for hydroxylation is 2. The van der Waals surface area contributed by atoms with Crippen molar-refractivity contribution in [2.24, 2.45) is 17.0 Å². The number of aromatic nitrogens is 1. The molecule has 0 N–H and O–H groups in total. The van der Waals surface area contributed by atoms with Crippen LogP contribution in [0.25, 0.3) is 10.8 Å². The van der Waals surface area contributed by atoms with Crippen molar-refractivity contribution in [3.05, 3.63) is 58.0 Å². The van der Waals surface area contributed by atoms with Crippen LogP contribution in [-0.4, -0.2) is 23.7 Å². The number of benzene rings is 1. The Morgan fingerprint density at radius 2 is 2.10 bits per heavy atom. The zero-order chi connectivity index (χ0) is 15.6. The first-order valence-corrected chi connectivity index (χ1v) is 6.70. The zero-order valence-corrected chi connectivity index (χ0v) is 12.8. The highest BCUT2D eigenvalue weighted by atomic mass is 16.1. The van der Waals surface area contributed by atoms with Crippen molar-refractivity contribution < 1.29 is 0 Å². The maximum absolute atomic E-state index is 12.1. The van der Waals surface area contributed by atoms with Gasteiger partial charge in [0.2, 0.25) is 0 Å². The van der Waals surface area contributed by atoms with E-state index >= 15 is 0 Å². The van der Waals surface area contributed by atoms with Crippen molar-refractivity contribution in [1.82, 2.24) is 4.57 Å². The third-order valence-corrected chi connectivity index (χ3v) is 3.28. The lowest BCUT2D eigenvalue weighted by molar-refractivity contribution is 0.873. The molecule has 21 heavy (non-hydrogen) atoms. The first-order valence-electron chi connectivity index (χ1n) is 6.70. The van der Waals surface area contributed by atoms with E-state index in [0.29, 0.717) is 11.2 Å². The Kier molecular flexibility index (Phi) is 4.17. The molecule has 0 spiro atoms. The van der Waals surface area contributed by atoms with E-state index in [-0.39, 0.29) is 5.56 Å². The smallest absolute Gasteiger partial charge is 0.258 e. The first-order chi connectivity index (χ1) is 9.93. The van der Waals surface area contributed by atoms with E-state index < -0.39 is 0 Å². The maximum Gasteiger partial charge on any atom is 0.258 e. The van der Waals surface area contributed by atoms with E-state index in [2.05, 4.69) is 16.6 Å². The average Bonchev–Trinajstić information content (AvgIpc) is 2.44. The van der Waals surface area contributed by atoms with Crippen LogP contribution < -0.4 is 5.56 Å². The lowest BCUT2D eigenvalue weighted by atomic mass is 10.0. The third kappa shape index (κ3) is 2.99. The largest absolute Gasteiger partial charge is 0.318 e. The summed E-state index contributed by atoms with van der Waals surface area (Å²) in [6, 6.07) is 5.79. The molecule has 1 aromatic carbocycles. The van der Waals surface area contributed by atoms with E-state index in [1.54, 1.807) is 31.1 Å². The Hall–Kier alpha value is -2.49. The Morgan fingerprint density at radius 1 is 1.38 bits per heavy atom. The molecule has 0 aliphatic heterocycles. The van der Waals surface area contributed by atoms with Crippen molar-refractivity contribution in [1.29, 1.82) is 0 Å². The van der Waals surface area contributed by atoms with Crippen molar-refractivity contribution >= 4 is 22.8 Å². The van der Waals surface area contributed by atoms with Gasteiger partial charge in [0.25, 0.3) is 5.56 Å². The quantitative estimate of drug-likeness (QED) is 0.616. The van der Waals surface area contributed by atoms with E-state index in [4.69, 9.17) is 0 Å². The van der Waals surface area contributed by atoms with E-state index in [0.717, 1.165) is 22.1 Å². The van der Waals surface area contributed by atoms with Gasteiger partial charge in [0.1, 0.15) is 0 Å². The Morgan fingerprint density at radius 3 is 2.71 bits per heavy atom. The molecule has 2 aromatic rings. The summed E-state index contributed by atoms with van der Waals surface area (Å²) in [6.07, 6.45) is 3.46. The van der Waals surface area contributed by atoms with Crippen LogP contribution in [0.3, 0.4) is 0 Å².